The van der Waals surface area contributed by atoms with Gasteiger partial charge in [0.05, 0.1) is 10.5 Å². The van der Waals surface area contributed by atoms with E-state index in [1.165, 1.54) is 0 Å². The zero-order valence-corrected chi connectivity index (χ0v) is 10.5. The summed E-state index contributed by atoms with van der Waals surface area (Å²) in [6.45, 7) is 0. The van der Waals surface area contributed by atoms with Crippen molar-refractivity contribution in [2.24, 2.45) is 0 Å². The monoisotopic (exact) mass is 304 g/mol. The number of aldehydes is 1. The van der Waals surface area contributed by atoms with Crippen molar-refractivity contribution in [3.05, 3.63) is 47.7 Å². The second kappa shape index (κ2) is 4.78. The number of rotatable bonds is 3. The number of furan rings is 1. The van der Waals surface area contributed by atoms with Crippen LogP contribution in [0.2, 0.25) is 0 Å². The highest BCUT2D eigenvalue weighted by Crippen LogP contribution is 2.32. The van der Waals surface area contributed by atoms with Crippen molar-refractivity contribution in [2.45, 2.75) is 16.2 Å². The zero-order chi connectivity index (χ0) is 15.0. The van der Waals surface area contributed by atoms with Gasteiger partial charge in [0.1, 0.15) is 0 Å². The van der Waals surface area contributed by atoms with Gasteiger partial charge in [0.25, 0.3) is 0 Å². The van der Waals surface area contributed by atoms with E-state index >= 15 is 0 Å². The van der Waals surface area contributed by atoms with E-state index in [1.807, 2.05) is 0 Å². The van der Waals surface area contributed by atoms with E-state index < -0.39 is 31.6 Å². The molecule has 0 aliphatic rings. The van der Waals surface area contributed by atoms with Gasteiger partial charge in [0.15, 0.2) is 12.0 Å². The van der Waals surface area contributed by atoms with E-state index in [0.29, 0.717) is 12.4 Å². The largest absolute Gasteiger partial charge is 0.442 e. The lowest BCUT2D eigenvalue weighted by molar-refractivity contribution is -0.137. The van der Waals surface area contributed by atoms with Crippen molar-refractivity contribution in [3.8, 4) is 0 Å². The second-order valence-electron chi connectivity index (χ2n) is 3.80. The normalized spacial score (nSPS) is 12.3. The lowest BCUT2D eigenvalue weighted by Gasteiger charge is -2.08. The first-order valence-corrected chi connectivity index (χ1v) is 6.71. The van der Waals surface area contributed by atoms with Crippen LogP contribution in [0.1, 0.15) is 16.1 Å². The molecule has 0 aliphatic carbocycles. The fourth-order valence-electron chi connectivity index (χ4n) is 1.50. The third-order valence-corrected chi connectivity index (χ3v) is 4.08. The first kappa shape index (κ1) is 14.3. The lowest BCUT2D eigenvalue weighted by Crippen LogP contribution is -2.07. The molecule has 2 rings (SSSR count). The third-order valence-electron chi connectivity index (χ3n) is 2.45. The van der Waals surface area contributed by atoms with E-state index in [-0.39, 0.29) is 5.76 Å². The number of benzene rings is 1. The van der Waals surface area contributed by atoms with Gasteiger partial charge in [0, 0.05) is 0 Å². The van der Waals surface area contributed by atoms with Crippen molar-refractivity contribution in [1.29, 1.82) is 0 Å². The predicted octanol–water partition coefficient (Wildman–Crippen LogP) is 2.94. The van der Waals surface area contributed by atoms with Gasteiger partial charge in [-0.2, -0.15) is 13.2 Å². The molecular formula is C12H7F3O4S. The van der Waals surface area contributed by atoms with Crippen LogP contribution in [0.4, 0.5) is 13.2 Å². The van der Waals surface area contributed by atoms with Crippen molar-refractivity contribution in [3.63, 3.8) is 0 Å². The molecule has 2 aromatic rings. The summed E-state index contributed by atoms with van der Waals surface area (Å²) in [6, 6.07) is 5.41. The molecule has 0 saturated heterocycles. The number of alkyl halides is 3. The molecule has 0 aliphatic heterocycles. The van der Waals surface area contributed by atoms with Crippen LogP contribution in [0.25, 0.3) is 0 Å². The molecule has 20 heavy (non-hydrogen) atoms. The van der Waals surface area contributed by atoms with Crippen LogP contribution < -0.4 is 0 Å². The van der Waals surface area contributed by atoms with Gasteiger partial charge in [-0.15, -0.1) is 0 Å². The van der Waals surface area contributed by atoms with Crippen molar-refractivity contribution in [1.82, 2.24) is 0 Å². The molecule has 0 unspecified atom stereocenters. The Balaban J connectivity index is 2.52. The van der Waals surface area contributed by atoms with Crippen LogP contribution in [-0.2, 0) is 16.0 Å². The zero-order valence-electron chi connectivity index (χ0n) is 9.72. The van der Waals surface area contributed by atoms with Crippen LogP contribution in [0, 0.1) is 0 Å². The number of hydrogen-bond acceptors (Lipinski definition) is 4. The Labute approximate surface area is 111 Å². The molecule has 0 saturated carbocycles. The Kier molecular flexibility index (Phi) is 3.43. The Morgan fingerprint density at radius 3 is 2.35 bits per heavy atom. The average Bonchev–Trinajstić information content (AvgIpc) is 2.87. The van der Waals surface area contributed by atoms with Gasteiger partial charge in [-0.25, -0.2) is 8.42 Å². The van der Waals surface area contributed by atoms with E-state index in [4.69, 9.17) is 4.42 Å². The quantitative estimate of drug-likeness (QED) is 0.818. The molecule has 0 N–H and O–H groups in total. The maximum absolute atomic E-state index is 12.6. The average molecular weight is 304 g/mol. The molecular weight excluding hydrogens is 297 g/mol. The fraction of sp³-hybridized carbons (Fsp3) is 0.0833. The minimum absolute atomic E-state index is 0.226. The van der Waals surface area contributed by atoms with Crippen molar-refractivity contribution in [2.75, 3.05) is 0 Å². The summed E-state index contributed by atoms with van der Waals surface area (Å²) in [5.74, 6) is -0.226. The Bertz CT molecular complexity index is 744. The first-order chi connectivity index (χ1) is 9.25. The minimum Gasteiger partial charge on any atom is -0.442 e. The first-order valence-electron chi connectivity index (χ1n) is 5.22. The van der Waals surface area contributed by atoms with Gasteiger partial charge in [-0.3, -0.25) is 4.79 Å². The fourth-order valence-corrected chi connectivity index (χ4v) is 2.72. The third kappa shape index (κ3) is 2.60. The molecule has 8 heteroatoms. The highest BCUT2D eigenvalue weighted by atomic mass is 32.2. The van der Waals surface area contributed by atoms with Crippen molar-refractivity contribution >= 4 is 16.1 Å². The van der Waals surface area contributed by atoms with Gasteiger partial charge in [-0.05, 0) is 30.3 Å². The summed E-state index contributed by atoms with van der Waals surface area (Å²) in [6.07, 6.45) is -4.35. The van der Waals surface area contributed by atoms with Crippen LogP contribution >= 0.6 is 0 Å². The van der Waals surface area contributed by atoms with Gasteiger partial charge in [-0.1, -0.05) is 6.07 Å². The molecule has 0 bridgehead atoms. The van der Waals surface area contributed by atoms with E-state index in [2.05, 4.69) is 0 Å². The minimum atomic E-state index is -4.65. The smallest absolute Gasteiger partial charge is 0.416 e. The van der Waals surface area contributed by atoms with Crippen LogP contribution in [-0.4, -0.2) is 14.7 Å². The van der Waals surface area contributed by atoms with Crippen LogP contribution in [0.15, 0.2) is 50.8 Å². The number of carbonyl (C=O) groups excluding carboxylic acids is 1. The molecule has 4 nitrogen and oxygen atoms in total. The number of sulfone groups is 1. The number of halogens is 3. The highest BCUT2D eigenvalue weighted by molar-refractivity contribution is 7.91. The summed E-state index contributed by atoms with van der Waals surface area (Å²) in [7, 11) is -4.24. The van der Waals surface area contributed by atoms with Gasteiger partial charge >= 0.3 is 6.18 Å². The molecule has 1 aromatic carbocycles. The molecule has 106 valence electrons. The molecule has 1 heterocycles. The summed E-state index contributed by atoms with van der Waals surface area (Å²) >= 11 is 0. The number of carbonyl (C=O) groups is 1. The summed E-state index contributed by atoms with van der Waals surface area (Å²) in [5.41, 5.74) is -1.08. The molecule has 1 aromatic heterocycles. The van der Waals surface area contributed by atoms with Gasteiger partial charge in [0.2, 0.25) is 14.9 Å². The maximum Gasteiger partial charge on any atom is 0.416 e. The number of hydrogen-bond donors (Lipinski definition) is 0. The SMILES string of the molecule is O=Cc1ccc(S(=O)(=O)c2cccc(C(F)(F)F)c2)o1. The second-order valence-corrected chi connectivity index (χ2v) is 5.68. The van der Waals surface area contributed by atoms with Crippen molar-refractivity contribution < 1.29 is 30.8 Å². The summed E-state index contributed by atoms with van der Waals surface area (Å²) in [5, 5.41) is -0.584. The standard InChI is InChI=1S/C12H7F3O4S/c13-12(14,15)8-2-1-3-10(6-8)20(17,18)11-5-4-9(7-16)19-11/h1-7H. The topological polar surface area (TPSA) is 64.3 Å². The molecule has 0 amide bonds. The molecule has 0 fully saturated rings. The van der Waals surface area contributed by atoms with Crippen LogP contribution in [0.5, 0.6) is 0 Å². The molecule has 0 atom stereocenters. The predicted molar refractivity (Wildman–Crippen MR) is 61.0 cm³/mol. The maximum atomic E-state index is 12.6. The lowest BCUT2D eigenvalue weighted by atomic mass is 10.2. The summed E-state index contributed by atoms with van der Waals surface area (Å²) in [4.78, 5) is 9.88. The van der Waals surface area contributed by atoms with Gasteiger partial charge < -0.3 is 4.42 Å². The molecule has 0 spiro atoms. The molecule has 0 radical (unpaired) electrons. The Morgan fingerprint density at radius 2 is 1.80 bits per heavy atom. The van der Waals surface area contributed by atoms with E-state index in [0.717, 1.165) is 30.3 Å². The van der Waals surface area contributed by atoms with Crippen LogP contribution in [0.3, 0.4) is 0 Å². The Morgan fingerprint density at radius 1 is 1.10 bits per heavy atom. The van der Waals surface area contributed by atoms with E-state index in [9.17, 15) is 26.4 Å². The van der Waals surface area contributed by atoms with E-state index in [1.54, 1.807) is 0 Å². The summed E-state index contributed by atoms with van der Waals surface area (Å²) < 4.78 is 66.5. The Hall–Kier alpha value is -2.09. The highest BCUT2D eigenvalue weighted by Gasteiger charge is 2.32.